The topological polar surface area (TPSA) is 95.2 Å². The molecule has 0 bridgehead atoms. The van der Waals surface area contributed by atoms with Gasteiger partial charge in [0.05, 0.1) is 0 Å². The number of rotatable bonds is 4. The standard InChI is InChI=1S/C14H18N4O2/c1-10(17-18-14(15)16)13-9-19-8-12(20-13)7-11-5-3-2-4-6-11/h2-3,5,8-9H,4,6-7H2,1H3,(H4,15,16,18). The van der Waals surface area contributed by atoms with Crippen molar-refractivity contribution in [1.29, 1.82) is 0 Å². The first kappa shape index (κ1) is 13.9. The lowest BCUT2D eigenvalue weighted by Gasteiger charge is -2.17. The van der Waals surface area contributed by atoms with Gasteiger partial charge in [-0.15, -0.1) is 10.2 Å². The molecule has 106 valence electrons. The highest BCUT2D eigenvalue weighted by Gasteiger charge is 2.14. The number of hydrogen-bond acceptors (Lipinski definition) is 4. The van der Waals surface area contributed by atoms with Gasteiger partial charge in [-0.3, -0.25) is 0 Å². The fourth-order valence-corrected chi connectivity index (χ4v) is 1.80. The van der Waals surface area contributed by atoms with Crippen LogP contribution in [-0.4, -0.2) is 11.7 Å². The molecule has 2 rings (SSSR count). The smallest absolute Gasteiger partial charge is 0.211 e. The molecule has 1 heterocycles. The van der Waals surface area contributed by atoms with Crippen molar-refractivity contribution < 1.29 is 9.47 Å². The summed E-state index contributed by atoms with van der Waals surface area (Å²) in [5.41, 5.74) is 12.3. The maximum absolute atomic E-state index is 5.73. The second kappa shape index (κ2) is 6.60. The second-order valence-electron chi connectivity index (χ2n) is 4.48. The number of ether oxygens (including phenoxy) is 2. The highest BCUT2D eigenvalue weighted by molar-refractivity contribution is 5.96. The Hall–Kier alpha value is -2.50. The van der Waals surface area contributed by atoms with Crippen LogP contribution in [0.3, 0.4) is 0 Å². The Labute approximate surface area is 117 Å². The van der Waals surface area contributed by atoms with Gasteiger partial charge in [-0.1, -0.05) is 23.8 Å². The molecule has 1 aliphatic carbocycles. The Kier molecular flexibility index (Phi) is 4.60. The number of nitrogens with zero attached hydrogens (tertiary/aromatic N) is 2. The van der Waals surface area contributed by atoms with Crippen LogP contribution in [0.15, 0.2) is 58.0 Å². The Morgan fingerprint density at radius 3 is 2.85 bits per heavy atom. The third-order valence-corrected chi connectivity index (χ3v) is 2.79. The van der Waals surface area contributed by atoms with Gasteiger partial charge in [0.15, 0.2) is 5.76 Å². The lowest BCUT2D eigenvalue weighted by molar-refractivity contribution is 0.233. The van der Waals surface area contributed by atoms with E-state index in [0.29, 0.717) is 11.5 Å². The van der Waals surface area contributed by atoms with E-state index < -0.39 is 0 Å². The van der Waals surface area contributed by atoms with Gasteiger partial charge in [0.1, 0.15) is 24.0 Å². The molecule has 0 atom stereocenters. The number of nitrogens with two attached hydrogens (primary N) is 2. The van der Waals surface area contributed by atoms with Gasteiger partial charge in [0.2, 0.25) is 5.96 Å². The van der Waals surface area contributed by atoms with Crippen LogP contribution in [0, 0.1) is 0 Å². The van der Waals surface area contributed by atoms with Crippen LogP contribution >= 0.6 is 0 Å². The van der Waals surface area contributed by atoms with Gasteiger partial charge in [0.25, 0.3) is 0 Å². The molecule has 0 fully saturated rings. The van der Waals surface area contributed by atoms with Crippen LogP contribution in [0.4, 0.5) is 0 Å². The minimum atomic E-state index is -0.100. The van der Waals surface area contributed by atoms with Crippen LogP contribution in [-0.2, 0) is 9.47 Å². The highest BCUT2D eigenvalue weighted by Crippen LogP contribution is 2.24. The average Bonchev–Trinajstić information content (AvgIpc) is 2.46. The molecule has 0 aromatic carbocycles. The summed E-state index contributed by atoms with van der Waals surface area (Å²) in [5.74, 6) is 1.14. The molecule has 6 nitrogen and oxygen atoms in total. The van der Waals surface area contributed by atoms with Crippen molar-refractivity contribution in [2.45, 2.75) is 26.2 Å². The summed E-state index contributed by atoms with van der Waals surface area (Å²) in [7, 11) is 0. The van der Waals surface area contributed by atoms with E-state index >= 15 is 0 Å². The lowest BCUT2D eigenvalue weighted by Crippen LogP contribution is -2.22. The summed E-state index contributed by atoms with van der Waals surface area (Å²) in [6.07, 6.45) is 12.2. The van der Waals surface area contributed by atoms with E-state index in [1.165, 1.54) is 11.8 Å². The van der Waals surface area contributed by atoms with Crippen LogP contribution < -0.4 is 11.5 Å². The highest BCUT2D eigenvalue weighted by atomic mass is 16.5. The average molecular weight is 274 g/mol. The summed E-state index contributed by atoms with van der Waals surface area (Å²) in [6.45, 7) is 1.74. The van der Waals surface area contributed by atoms with E-state index in [9.17, 15) is 0 Å². The summed E-state index contributed by atoms with van der Waals surface area (Å²) in [6, 6.07) is 0. The van der Waals surface area contributed by atoms with Crippen LogP contribution in [0.2, 0.25) is 0 Å². The van der Waals surface area contributed by atoms with E-state index in [-0.39, 0.29) is 5.96 Å². The SMILES string of the molecule is CC(=NN=C(N)N)C1=COC=C(CC2=CC=CCC2)O1. The molecule has 0 aromatic rings. The molecule has 20 heavy (non-hydrogen) atoms. The minimum absolute atomic E-state index is 0.100. The van der Waals surface area contributed by atoms with Crippen molar-refractivity contribution in [2.75, 3.05) is 0 Å². The molecule has 2 aliphatic rings. The van der Waals surface area contributed by atoms with E-state index in [0.717, 1.165) is 25.0 Å². The molecule has 0 saturated heterocycles. The van der Waals surface area contributed by atoms with E-state index in [1.54, 1.807) is 13.2 Å². The van der Waals surface area contributed by atoms with Crippen LogP contribution in [0.25, 0.3) is 0 Å². The molecule has 0 unspecified atom stereocenters. The summed E-state index contributed by atoms with van der Waals surface area (Å²) < 4.78 is 11.0. The largest absolute Gasteiger partial charge is 0.465 e. The molecule has 0 aromatic heterocycles. The molecule has 0 saturated carbocycles. The Morgan fingerprint density at radius 2 is 2.15 bits per heavy atom. The minimum Gasteiger partial charge on any atom is -0.465 e. The van der Waals surface area contributed by atoms with Gasteiger partial charge in [-0.25, -0.2) is 0 Å². The second-order valence-corrected chi connectivity index (χ2v) is 4.48. The fourth-order valence-electron chi connectivity index (χ4n) is 1.80. The first-order chi connectivity index (χ1) is 9.65. The molecule has 0 amide bonds. The molecular weight excluding hydrogens is 256 g/mol. The van der Waals surface area contributed by atoms with E-state index in [4.69, 9.17) is 20.9 Å². The van der Waals surface area contributed by atoms with E-state index in [1.807, 2.05) is 0 Å². The van der Waals surface area contributed by atoms with Gasteiger partial charge in [-0.05, 0) is 19.8 Å². The molecule has 6 heteroatoms. The third kappa shape index (κ3) is 4.01. The van der Waals surface area contributed by atoms with Crippen molar-refractivity contribution in [1.82, 2.24) is 0 Å². The zero-order valence-electron chi connectivity index (χ0n) is 11.4. The van der Waals surface area contributed by atoms with Crippen LogP contribution in [0.1, 0.15) is 26.2 Å². The number of hydrogen-bond donors (Lipinski definition) is 2. The van der Waals surface area contributed by atoms with Gasteiger partial charge in [-0.2, -0.15) is 0 Å². The quantitative estimate of drug-likeness (QED) is 0.466. The zero-order chi connectivity index (χ0) is 14.4. The number of guanidine groups is 1. The lowest BCUT2D eigenvalue weighted by atomic mass is 10.0. The molecular formula is C14H18N4O2. The van der Waals surface area contributed by atoms with E-state index in [2.05, 4.69) is 28.4 Å². The van der Waals surface area contributed by atoms with Crippen LogP contribution in [0.5, 0.6) is 0 Å². The first-order valence-corrected chi connectivity index (χ1v) is 6.36. The Morgan fingerprint density at radius 1 is 1.30 bits per heavy atom. The first-order valence-electron chi connectivity index (χ1n) is 6.36. The molecule has 0 spiro atoms. The predicted molar refractivity (Wildman–Crippen MR) is 78.3 cm³/mol. The van der Waals surface area contributed by atoms with Crippen molar-refractivity contribution >= 4 is 11.7 Å². The summed E-state index contributed by atoms with van der Waals surface area (Å²) >= 11 is 0. The third-order valence-electron chi connectivity index (χ3n) is 2.79. The monoisotopic (exact) mass is 274 g/mol. The maximum atomic E-state index is 5.73. The van der Waals surface area contributed by atoms with Crippen molar-refractivity contribution in [3.8, 4) is 0 Å². The maximum Gasteiger partial charge on any atom is 0.211 e. The summed E-state index contributed by atoms with van der Waals surface area (Å²) in [4.78, 5) is 0. The Bertz CT molecular complexity index is 550. The zero-order valence-corrected chi connectivity index (χ0v) is 11.4. The summed E-state index contributed by atoms with van der Waals surface area (Å²) in [5, 5.41) is 7.44. The molecule has 4 N–H and O–H groups in total. The fraction of sp³-hybridized carbons (Fsp3) is 0.286. The molecule has 1 aliphatic heterocycles. The number of allylic oxidation sites excluding steroid dienone is 5. The van der Waals surface area contributed by atoms with Crippen molar-refractivity contribution in [3.05, 3.63) is 47.8 Å². The Balaban J connectivity index is 1.98. The van der Waals surface area contributed by atoms with Gasteiger partial charge >= 0.3 is 0 Å². The normalized spacial score (nSPS) is 18.2. The van der Waals surface area contributed by atoms with Crippen molar-refractivity contribution in [3.63, 3.8) is 0 Å². The van der Waals surface area contributed by atoms with Crippen molar-refractivity contribution in [2.24, 2.45) is 21.7 Å². The predicted octanol–water partition coefficient (Wildman–Crippen LogP) is 2.03. The van der Waals surface area contributed by atoms with Gasteiger partial charge in [0, 0.05) is 6.42 Å². The molecule has 0 radical (unpaired) electrons. The van der Waals surface area contributed by atoms with Gasteiger partial charge < -0.3 is 20.9 Å².